The Bertz CT molecular complexity index is 783. The van der Waals surface area contributed by atoms with Gasteiger partial charge in [-0.05, 0) is 31.0 Å². The van der Waals surface area contributed by atoms with Gasteiger partial charge in [0.1, 0.15) is 0 Å². The summed E-state index contributed by atoms with van der Waals surface area (Å²) >= 11 is 5.68. The van der Waals surface area contributed by atoms with Gasteiger partial charge >= 0.3 is 6.18 Å². The number of nitrogen functional groups attached to an aromatic ring is 1. The summed E-state index contributed by atoms with van der Waals surface area (Å²) in [4.78, 5) is 14.1. The molecule has 0 radical (unpaired) electrons. The number of benzene rings is 1. The Morgan fingerprint density at radius 2 is 1.96 bits per heavy atom. The molecule has 2 heterocycles. The number of alkyl halides is 3. The number of nitrogens with two attached hydrogens (primary N) is 1. The first-order valence-electron chi connectivity index (χ1n) is 7.64. The summed E-state index contributed by atoms with van der Waals surface area (Å²) in [7, 11) is 0. The van der Waals surface area contributed by atoms with E-state index in [0.717, 1.165) is 23.9 Å². The number of halogens is 4. The maximum absolute atomic E-state index is 12.7. The molecule has 134 valence electrons. The number of amides is 1. The van der Waals surface area contributed by atoms with E-state index in [4.69, 9.17) is 21.9 Å². The van der Waals surface area contributed by atoms with Gasteiger partial charge in [0.05, 0.1) is 16.3 Å². The SMILES string of the molecule is Nc1cc(C2CCN(C(=O)c3ccc(C(F)(F)F)c(Cl)c3)CC2)no1. The van der Waals surface area contributed by atoms with Crippen molar-refractivity contribution in [2.24, 2.45) is 0 Å². The molecule has 1 aliphatic heterocycles. The van der Waals surface area contributed by atoms with Gasteiger partial charge in [-0.1, -0.05) is 16.8 Å². The molecule has 0 bridgehead atoms. The number of piperidine rings is 1. The van der Waals surface area contributed by atoms with Crippen LogP contribution in [-0.2, 0) is 6.18 Å². The van der Waals surface area contributed by atoms with Crippen molar-refractivity contribution in [3.8, 4) is 0 Å². The third-order valence-corrected chi connectivity index (χ3v) is 4.58. The predicted octanol–water partition coefficient (Wildman–Crippen LogP) is 3.95. The minimum atomic E-state index is -4.55. The van der Waals surface area contributed by atoms with Crippen molar-refractivity contribution in [3.05, 3.63) is 46.1 Å². The summed E-state index contributed by atoms with van der Waals surface area (Å²) in [5, 5.41) is 3.40. The normalized spacial score (nSPS) is 16.2. The van der Waals surface area contributed by atoms with E-state index in [0.29, 0.717) is 25.9 Å². The van der Waals surface area contributed by atoms with Gasteiger partial charge in [0.15, 0.2) is 0 Å². The molecule has 1 saturated heterocycles. The molecule has 1 aromatic heterocycles. The van der Waals surface area contributed by atoms with E-state index in [1.54, 1.807) is 11.0 Å². The van der Waals surface area contributed by atoms with Crippen LogP contribution in [0.1, 0.15) is 40.4 Å². The van der Waals surface area contributed by atoms with Crippen molar-refractivity contribution in [3.63, 3.8) is 0 Å². The Balaban J connectivity index is 1.67. The van der Waals surface area contributed by atoms with Crippen molar-refractivity contribution < 1.29 is 22.5 Å². The number of rotatable bonds is 2. The van der Waals surface area contributed by atoms with Crippen molar-refractivity contribution in [2.75, 3.05) is 18.8 Å². The van der Waals surface area contributed by atoms with Crippen LogP contribution in [-0.4, -0.2) is 29.1 Å². The third kappa shape index (κ3) is 3.73. The summed E-state index contributed by atoms with van der Waals surface area (Å²) in [6, 6.07) is 4.72. The average Bonchev–Trinajstić information content (AvgIpc) is 2.99. The molecule has 9 heteroatoms. The van der Waals surface area contributed by atoms with Crippen LogP contribution >= 0.6 is 11.6 Å². The molecular formula is C16H15ClF3N3O2. The summed E-state index contributed by atoms with van der Waals surface area (Å²) < 4.78 is 43.1. The fraction of sp³-hybridized carbons (Fsp3) is 0.375. The summed E-state index contributed by atoms with van der Waals surface area (Å²) in [5.74, 6) is 0.0444. The van der Waals surface area contributed by atoms with Crippen LogP contribution < -0.4 is 5.73 Å². The Kier molecular flexibility index (Phi) is 4.64. The number of hydrogen-bond acceptors (Lipinski definition) is 4. The van der Waals surface area contributed by atoms with Crippen LogP contribution in [0.3, 0.4) is 0 Å². The smallest absolute Gasteiger partial charge is 0.368 e. The van der Waals surface area contributed by atoms with E-state index in [1.165, 1.54) is 0 Å². The van der Waals surface area contributed by atoms with Crippen LogP contribution in [0.25, 0.3) is 0 Å². The molecule has 2 aromatic rings. The van der Waals surface area contributed by atoms with Crippen molar-refractivity contribution >= 4 is 23.4 Å². The molecule has 3 rings (SSSR count). The Hall–Kier alpha value is -2.22. The molecule has 1 aromatic carbocycles. The first-order valence-corrected chi connectivity index (χ1v) is 8.01. The highest BCUT2D eigenvalue weighted by Crippen LogP contribution is 2.35. The van der Waals surface area contributed by atoms with Gasteiger partial charge in [-0.15, -0.1) is 0 Å². The lowest BCUT2D eigenvalue weighted by atomic mass is 9.93. The second-order valence-corrected chi connectivity index (χ2v) is 6.32. The molecule has 0 spiro atoms. The van der Waals surface area contributed by atoms with E-state index in [2.05, 4.69) is 5.16 Å². The number of aromatic nitrogens is 1. The Labute approximate surface area is 146 Å². The van der Waals surface area contributed by atoms with E-state index < -0.39 is 16.8 Å². The van der Waals surface area contributed by atoms with E-state index in [1.807, 2.05) is 0 Å². The highest BCUT2D eigenvalue weighted by atomic mass is 35.5. The molecule has 0 unspecified atom stereocenters. The Morgan fingerprint density at radius 3 is 2.48 bits per heavy atom. The van der Waals surface area contributed by atoms with Gasteiger partial charge < -0.3 is 15.2 Å². The zero-order valence-electron chi connectivity index (χ0n) is 13.0. The molecule has 2 N–H and O–H groups in total. The monoisotopic (exact) mass is 373 g/mol. The first-order chi connectivity index (χ1) is 11.8. The molecule has 1 fully saturated rings. The molecule has 0 aliphatic carbocycles. The van der Waals surface area contributed by atoms with Gasteiger partial charge in [-0.25, -0.2) is 0 Å². The number of hydrogen-bond donors (Lipinski definition) is 1. The number of carbonyl (C=O) groups excluding carboxylic acids is 1. The maximum Gasteiger partial charge on any atom is 0.417 e. The lowest BCUT2D eigenvalue weighted by molar-refractivity contribution is -0.137. The molecule has 0 atom stereocenters. The molecule has 1 aliphatic rings. The van der Waals surface area contributed by atoms with Crippen molar-refractivity contribution in [1.29, 1.82) is 0 Å². The molecule has 25 heavy (non-hydrogen) atoms. The highest BCUT2D eigenvalue weighted by molar-refractivity contribution is 6.31. The standard InChI is InChI=1S/C16H15ClF3N3O2/c17-12-7-10(1-2-11(12)16(18,19)20)15(24)23-5-3-9(4-6-23)13-8-14(21)25-22-13/h1-2,7-9H,3-6,21H2. The average molecular weight is 374 g/mol. The van der Waals surface area contributed by atoms with Gasteiger partial charge in [-0.2, -0.15) is 13.2 Å². The van der Waals surface area contributed by atoms with E-state index in [-0.39, 0.29) is 23.3 Å². The molecule has 0 saturated carbocycles. The first kappa shape index (κ1) is 17.6. The zero-order chi connectivity index (χ0) is 18.2. The van der Waals surface area contributed by atoms with Gasteiger partial charge in [0.2, 0.25) is 5.88 Å². The second kappa shape index (κ2) is 6.59. The predicted molar refractivity (Wildman–Crippen MR) is 85.2 cm³/mol. The van der Waals surface area contributed by atoms with E-state index >= 15 is 0 Å². The summed E-state index contributed by atoms with van der Waals surface area (Å²) in [6.07, 6.45) is -3.20. The van der Waals surface area contributed by atoms with Crippen LogP contribution in [0.2, 0.25) is 5.02 Å². The molecule has 1 amide bonds. The zero-order valence-corrected chi connectivity index (χ0v) is 13.8. The van der Waals surface area contributed by atoms with Crippen molar-refractivity contribution in [2.45, 2.75) is 24.9 Å². The minimum absolute atomic E-state index is 0.140. The Morgan fingerprint density at radius 1 is 1.28 bits per heavy atom. The number of anilines is 1. The highest BCUT2D eigenvalue weighted by Gasteiger charge is 2.34. The molecule has 5 nitrogen and oxygen atoms in total. The number of carbonyl (C=O) groups is 1. The summed E-state index contributed by atoms with van der Waals surface area (Å²) in [6.45, 7) is 0.934. The largest absolute Gasteiger partial charge is 0.417 e. The number of nitrogens with zero attached hydrogens (tertiary/aromatic N) is 2. The quantitative estimate of drug-likeness (QED) is 0.865. The lowest BCUT2D eigenvalue weighted by Crippen LogP contribution is -2.38. The second-order valence-electron chi connectivity index (χ2n) is 5.91. The third-order valence-electron chi connectivity index (χ3n) is 4.27. The fourth-order valence-electron chi connectivity index (χ4n) is 2.94. The van der Waals surface area contributed by atoms with Crippen LogP contribution in [0, 0.1) is 0 Å². The van der Waals surface area contributed by atoms with E-state index in [9.17, 15) is 18.0 Å². The van der Waals surface area contributed by atoms with Gasteiger partial charge in [-0.3, -0.25) is 4.79 Å². The fourth-order valence-corrected chi connectivity index (χ4v) is 3.22. The van der Waals surface area contributed by atoms with Gasteiger partial charge in [0, 0.05) is 30.6 Å². The maximum atomic E-state index is 12.7. The van der Waals surface area contributed by atoms with Crippen molar-refractivity contribution in [1.82, 2.24) is 10.1 Å². The van der Waals surface area contributed by atoms with Gasteiger partial charge in [0.25, 0.3) is 5.91 Å². The topological polar surface area (TPSA) is 72.4 Å². The van der Waals surface area contributed by atoms with Crippen LogP contribution in [0.5, 0.6) is 0 Å². The van der Waals surface area contributed by atoms with Crippen LogP contribution in [0.4, 0.5) is 19.1 Å². The van der Waals surface area contributed by atoms with Crippen LogP contribution in [0.15, 0.2) is 28.8 Å². The summed E-state index contributed by atoms with van der Waals surface area (Å²) in [5.41, 5.74) is 5.45. The lowest BCUT2D eigenvalue weighted by Gasteiger charge is -2.31. The molecular weight excluding hydrogens is 359 g/mol. The number of likely N-dealkylation sites (tertiary alicyclic amines) is 1. The minimum Gasteiger partial charge on any atom is -0.368 e.